The average molecular weight is 374 g/mol. The average Bonchev–Trinajstić information content (AvgIpc) is 2.96. The Kier molecular flexibility index (Phi) is 4.59. The van der Waals surface area contributed by atoms with E-state index in [1.807, 2.05) is 44.2 Å². The van der Waals surface area contributed by atoms with Crippen LogP contribution in [0.25, 0.3) is 0 Å². The molecular weight excluding hydrogens is 352 g/mol. The molecule has 5 nitrogen and oxygen atoms in total. The number of nitrogens with zero attached hydrogens (tertiary/aromatic N) is 1. The van der Waals surface area contributed by atoms with Crippen LogP contribution in [0.1, 0.15) is 34.3 Å². The third-order valence-corrected chi connectivity index (χ3v) is 5.66. The fraction of sp³-hybridized carbons (Fsp3) is 0.261. The van der Waals surface area contributed by atoms with Crippen molar-refractivity contribution in [2.75, 3.05) is 10.2 Å². The van der Waals surface area contributed by atoms with Crippen LogP contribution in [0.4, 0.5) is 11.4 Å². The van der Waals surface area contributed by atoms with Crippen LogP contribution in [0.5, 0.6) is 0 Å². The van der Waals surface area contributed by atoms with E-state index < -0.39 is 0 Å². The molecule has 1 N–H and O–H groups in total. The molecule has 28 heavy (non-hydrogen) atoms. The Morgan fingerprint density at radius 3 is 2.07 bits per heavy atom. The van der Waals surface area contributed by atoms with Crippen LogP contribution in [0.2, 0.25) is 0 Å². The SMILES string of the molecule is Cc1ccc(NC(=O)c2ccc(N3C(=O)[C@H]4CC=CC[C@H]4C3=O)cc2)cc1C. The van der Waals surface area contributed by atoms with Gasteiger partial charge in [0, 0.05) is 11.3 Å². The molecule has 0 aromatic heterocycles. The lowest BCUT2D eigenvalue weighted by atomic mass is 9.85. The van der Waals surface area contributed by atoms with Gasteiger partial charge in [-0.2, -0.15) is 0 Å². The van der Waals surface area contributed by atoms with Gasteiger partial charge in [-0.1, -0.05) is 18.2 Å². The van der Waals surface area contributed by atoms with Crippen molar-refractivity contribution < 1.29 is 14.4 Å². The molecule has 5 heteroatoms. The smallest absolute Gasteiger partial charge is 0.255 e. The summed E-state index contributed by atoms with van der Waals surface area (Å²) >= 11 is 0. The van der Waals surface area contributed by atoms with Crippen LogP contribution in [0.15, 0.2) is 54.6 Å². The Morgan fingerprint density at radius 2 is 1.50 bits per heavy atom. The lowest BCUT2D eigenvalue weighted by Gasteiger charge is -2.15. The Hall–Kier alpha value is -3.21. The Bertz CT molecular complexity index is 965. The van der Waals surface area contributed by atoms with Crippen molar-refractivity contribution in [3.8, 4) is 0 Å². The molecule has 0 spiro atoms. The van der Waals surface area contributed by atoms with Gasteiger partial charge in [0.1, 0.15) is 0 Å². The predicted octanol–water partition coefficient (Wildman–Crippen LogP) is 4.01. The molecule has 0 radical (unpaired) electrons. The van der Waals surface area contributed by atoms with E-state index in [0.717, 1.165) is 16.8 Å². The van der Waals surface area contributed by atoms with Gasteiger partial charge in [-0.25, -0.2) is 0 Å². The molecule has 1 saturated heterocycles. The van der Waals surface area contributed by atoms with E-state index in [0.29, 0.717) is 24.1 Å². The van der Waals surface area contributed by atoms with Gasteiger partial charge in [-0.3, -0.25) is 19.3 Å². The maximum absolute atomic E-state index is 12.7. The molecule has 1 fully saturated rings. The monoisotopic (exact) mass is 374 g/mol. The number of anilines is 2. The van der Waals surface area contributed by atoms with E-state index in [1.54, 1.807) is 24.3 Å². The highest BCUT2D eigenvalue weighted by Gasteiger charge is 2.47. The maximum Gasteiger partial charge on any atom is 0.255 e. The molecule has 1 aliphatic heterocycles. The number of imide groups is 1. The number of hydrogen-bond donors (Lipinski definition) is 1. The van der Waals surface area contributed by atoms with Crippen molar-refractivity contribution in [1.29, 1.82) is 0 Å². The second-order valence-electron chi connectivity index (χ2n) is 7.47. The lowest BCUT2D eigenvalue weighted by Crippen LogP contribution is -2.30. The topological polar surface area (TPSA) is 66.5 Å². The molecule has 1 aliphatic carbocycles. The minimum absolute atomic E-state index is 0.147. The van der Waals surface area contributed by atoms with Crippen molar-refractivity contribution in [3.63, 3.8) is 0 Å². The highest BCUT2D eigenvalue weighted by molar-refractivity contribution is 6.22. The van der Waals surface area contributed by atoms with Crippen LogP contribution in [0.3, 0.4) is 0 Å². The molecule has 2 aromatic rings. The summed E-state index contributed by atoms with van der Waals surface area (Å²) in [6.45, 7) is 4.02. The second kappa shape index (κ2) is 7.08. The molecule has 2 atom stereocenters. The number of benzene rings is 2. The summed E-state index contributed by atoms with van der Waals surface area (Å²) in [6.07, 6.45) is 5.16. The van der Waals surface area contributed by atoms with Crippen LogP contribution >= 0.6 is 0 Å². The van der Waals surface area contributed by atoms with Crippen LogP contribution in [0, 0.1) is 25.7 Å². The quantitative estimate of drug-likeness (QED) is 0.652. The fourth-order valence-electron chi connectivity index (χ4n) is 3.84. The summed E-state index contributed by atoms with van der Waals surface area (Å²) in [5, 5.41) is 2.88. The number of carbonyl (C=O) groups excluding carboxylic acids is 3. The zero-order chi connectivity index (χ0) is 19.8. The minimum atomic E-state index is -0.259. The number of fused-ring (bicyclic) bond motifs is 1. The van der Waals surface area contributed by atoms with Crippen molar-refractivity contribution >= 4 is 29.1 Å². The van der Waals surface area contributed by atoms with E-state index in [2.05, 4.69) is 5.32 Å². The largest absolute Gasteiger partial charge is 0.322 e. The first-order valence-corrected chi connectivity index (χ1v) is 9.47. The summed E-state index contributed by atoms with van der Waals surface area (Å²) in [6, 6.07) is 12.4. The van der Waals surface area contributed by atoms with Crippen LogP contribution in [-0.4, -0.2) is 17.7 Å². The maximum atomic E-state index is 12.7. The zero-order valence-electron chi connectivity index (χ0n) is 15.9. The molecule has 4 rings (SSSR count). The minimum Gasteiger partial charge on any atom is -0.322 e. The Balaban J connectivity index is 1.51. The first kappa shape index (κ1) is 18.2. The lowest BCUT2D eigenvalue weighted by molar-refractivity contribution is -0.122. The van der Waals surface area contributed by atoms with Gasteiger partial charge < -0.3 is 5.32 Å². The normalized spacial score (nSPS) is 21.0. The van der Waals surface area contributed by atoms with E-state index in [9.17, 15) is 14.4 Å². The molecule has 0 saturated carbocycles. The zero-order valence-corrected chi connectivity index (χ0v) is 15.9. The van der Waals surface area contributed by atoms with E-state index >= 15 is 0 Å². The Morgan fingerprint density at radius 1 is 0.893 bits per heavy atom. The molecular formula is C23H22N2O3. The molecule has 1 heterocycles. The summed E-state index contributed by atoms with van der Waals surface area (Å²) in [5.74, 6) is -1.04. The molecule has 142 valence electrons. The summed E-state index contributed by atoms with van der Waals surface area (Å²) in [7, 11) is 0. The summed E-state index contributed by atoms with van der Waals surface area (Å²) in [4.78, 5) is 39.1. The van der Waals surface area contributed by atoms with Crippen LogP contribution < -0.4 is 10.2 Å². The van der Waals surface area contributed by atoms with Crippen molar-refractivity contribution in [2.45, 2.75) is 26.7 Å². The fourth-order valence-corrected chi connectivity index (χ4v) is 3.84. The highest BCUT2D eigenvalue weighted by atomic mass is 16.2. The number of allylic oxidation sites excluding steroid dienone is 2. The van der Waals surface area contributed by atoms with E-state index in [4.69, 9.17) is 0 Å². The number of nitrogens with one attached hydrogen (secondary N) is 1. The summed E-state index contributed by atoms with van der Waals surface area (Å²) < 4.78 is 0. The number of rotatable bonds is 3. The second-order valence-corrected chi connectivity index (χ2v) is 7.47. The third kappa shape index (κ3) is 3.13. The molecule has 3 amide bonds. The van der Waals surface area contributed by atoms with Gasteiger partial charge in [0.05, 0.1) is 17.5 Å². The number of amides is 3. The third-order valence-electron chi connectivity index (χ3n) is 5.66. The number of carbonyl (C=O) groups is 3. The molecule has 0 bridgehead atoms. The van der Waals surface area contributed by atoms with Gasteiger partial charge in [-0.15, -0.1) is 0 Å². The Labute approximate surface area is 164 Å². The van der Waals surface area contributed by atoms with Crippen LogP contribution in [-0.2, 0) is 9.59 Å². The summed E-state index contributed by atoms with van der Waals surface area (Å²) in [5.41, 5.74) is 4.00. The first-order valence-electron chi connectivity index (χ1n) is 9.47. The molecule has 2 aromatic carbocycles. The van der Waals surface area contributed by atoms with Gasteiger partial charge in [-0.05, 0) is 74.2 Å². The molecule has 2 aliphatic rings. The highest BCUT2D eigenvalue weighted by Crippen LogP contribution is 2.37. The van der Waals surface area contributed by atoms with Crippen molar-refractivity contribution in [2.24, 2.45) is 11.8 Å². The van der Waals surface area contributed by atoms with E-state index in [-0.39, 0.29) is 29.6 Å². The predicted molar refractivity (Wildman–Crippen MR) is 108 cm³/mol. The standard InChI is InChI=1S/C23H22N2O3/c1-14-7-10-17(13-15(14)2)24-21(26)16-8-11-18(12-9-16)25-22(27)19-5-3-4-6-20(19)23(25)28/h3-4,7-13,19-20H,5-6H2,1-2H3,(H,24,26)/t19-,20+. The van der Waals surface area contributed by atoms with Crippen molar-refractivity contribution in [1.82, 2.24) is 0 Å². The van der Waals surface area contributed by atoms with Gasteiger partial charge in [0.15, 0.2) is 0 Å². The number of aryl methyl sites for hydroxylation is 2. The van der Waals surface area contributed by atoms with E-state index in [1.165, 1.54) is 4.90 Å². The first-order chi connectivity index (χ1) is 13.5. The van der Waals surface area contributed by atoms with Gasteiger partial charge in [0.25, 0.3) is 5.91 Å². The van der Waals surface area contributed by atoms with Gasteiger partial charge in [0.2, 0.25) is 11.8 Å². The number of hydrogen-bond acceptors (Lipinski definition) is 3. The van der Waals surface area contributed by atoms with Crippen molar-refractivity contribution in [3.05, 3.63) is 71.3 Å². The molecule has 0 unspecified atom stereocenters. The van der Waals surface area contributed by atoms with Gasteiger partial charge >= 0.3 is 0 Å².